The zero-order valence-corrected chi connectivity index (χ0v) is 14.8. The molecule has 1 heterocycles. The number of fused-ring (bicyclic) bond motifs is 1. The minimum Gasteiger partial charge on any atom is -0.323 e. The summed E-state index contributed by atoms with van der Waals surface area (Å²) in [4.78, 5) is 28.6. The lowest BCUT2D eigenvalue weighted by molar-refractivity contribution is -0.125. The van der Waals surface area contributed by atoms with Gasteiger partial charge in [-0.05, 0) is 44.2 Å². The minimum absolute atomic E-state index is 0.0540. The molecule has 0 radical (unpaired) electrons. The topological polar surface area (TPSA) is 52.7 Å². The maximum atomic E-state index is 13.0. The first-order valence-corrected chi connectivity index (χ1v) is 8.42. The van der Waals surface area contributed by atoms with Crippen molar-refractivity contribution < 1.29 is 9.59 Å². The van der Waals surface area contributed by atoms with E-state index in [2.05, 4.69) is 24.4 Å². The molecule has 1 aliphatic heterocycles. The van der Waals surface area contributed by atoms with Gasteiger partial charge in [-0.2, -0.15) is 0 Å². The van der Waals surface area contributed by atoms with Crippen molar-refractivity contribution in [2.45, 2.75) is 26.4 Å². The van der Waals surface area contributed by atoms with Crippen molar-refractivity contribution in [2.24, 2.45) is 0 Å². The van der Waals surface area contributed by atoms with E-state index in [9.17, 15) is 9.59 Å². The molecule has 0 aliphatic carbocycles. The molecule has 3 rings (SSSR count). The highest BCUT2D eigenvalue weighted by molar-refractivity contribution is 6.11. The van der Waals surface area contributed by atoms with Crippen LogP contribution >= 0.6 is 0 Å². The number of hydrogen-bond acceptors (Lipinski definition) is 3. The molecule has 0 bridgehead atoms. The number of benzene rings is 2. The SMILES string of the molecule is Cc1ccccc1CN(C)C(C)C(=O)N1CC(=O)Nc2ccccc21. The molecule has 1 atom stereocenters. The molecule has 1 unspecified atom stereocenters. The number of nitrogens with one attached hydrogen (secondary N) is 1. The number of nitrogens with zero attached hydrogens (tertiary/aromatic N) is 2. The van der Waals surface area contributed by atoms with E-state index in [-0.39, 0.29) is 24.4 Å². The summed E-state index contributed by atoms with van der Waals surface area (Å²) in [5.41, 5.74) is 3.84. The summed E-state index contributed by atoms with van der Waals surface area (Å²) < 4.78 is 0. The Kier molecular flexibility index (Phi) is 4.86. The predicted molar refractivity (Wildman–Crippen MR) is 99.5 cm³/mol. The Morgan fingerprint density at radius 3 is 2.64 bits per heavy atom. The van der Waals surface area contributed by atoms with Crippen LogP contribution in [-0.4, -0.2) is 36.3 Å². The van der Waals surface area contributed by atoms with Gasteiger partial charge in [0.1, 0.15) is 6.54 Å². The second kappa shape index (κ2) is 7.07. The van der Waals surface area contributed by atoms with Gasteiger partial charge in [-0.1, -0.05) is 36.4 Å². The number of carbonyl (C=O) groups excluding carboxylic acids is 2. The fourth-order valence-corrected chi connectivity index (χ4v) is 3.04. The normalized spacial score (nSPS) is 14.9. The molecule has 2 aromatic carbocycles. The standard InChI is InChI=1S/C20H23N3O2/c1-14-8-4-5-9-16(14)12-22(3)15(2)20(25)23-13-19(24)21-17-10-6-7-11-18(17)23/h4-11,15H,12-13H2,1-3H3,(H,21,24). The first-order valence-electron chi connectivity index (χ1n) is 8.42. The van der Waals surface area contributed by atoms with Crippen LogP contribution in [0.25, 0.3) is 0 Å². The molecular weight excluding hydrogens is 314 g/mol. The smallest absolute Gasteiger partial charge is 0.244 e. The molecule has 1 N–H and O–H groups in total. The van der Waals surface area contributed by atoms with Gasteiger partial charge in [0.05, 0.1) is 17.4 Å². The Bertz CT molecular complexity index is 803. The third kappa shape index (κ3) is 3.56. The molecule has 2 aromatic rings. The third-order valence-corrected chi connectivity index (χ3v) is 4.74. The van der Waals surface area contributed by atoms with Crippen LogP contribution in [0.1, 0.15) is 18.1 Å². The number of anilines is 2. The maximum absolute atomic E-state index is 13.0. The van der Waals surface area contributed by atoms with Crippen LogP contribution in [0.15, 0.2) is 48.5 Å². The van der Waals surface area contributed by atoms with E-state index in [0.717, 1.165) is 5.69 Å². The quantitative estimate of drug-likeness (QED) is 0.933. The van der Waals surface area contributed by atoms with Crippen LogP contribution in [0, 0.1) is 6.92 Å². The molecule has 0 saturated heterocycles. The monoisotopic (exact) mass is 337 g/mol. The third-order valence-electron chi connectivity index (χ3n) is 4.74. The zero-order valence-electron chi connectivity index (χ0n) is 14.8. The van der Waals surface area contributed by atoms with E-state index < -0.39 is 0 Å². The summed E-state index contributed by atoms with van der Waals surface area (Å²) in [6.07, 6.45) is 0. The fraction of sp³-hybridized carbons (Fsp3) is 0.300. The van der Waals surface area contributed by atoms with Crippen LogP contribution < -0.4 is 10.2 Å². The molecule has 0 saturated carbocycles. The summed E-state index contributed by atoms with van der Waals surface area (Å²) in [5, 5.41) is 2.81. The highest BCUT2D eigenvalue weighted by atomic mass is 16.2. The first-order chi connectivity index (χ1) is 12.0. The number of rotatable bonds is 4. The van der Waals surface area contributed by atoms with Crippen molar-refractivity contribution in [1.29, 1.82) is 0 Å². The Hall–Kier alpha value is -2.66. The highest BCUT2D eigenvalue weighted by Crippen LogP contribution is 2.29. The molecule has 25 heavy (non-hydrogen) atoms. The largest absolute Gasteiger partial charge is 0.323 e. The first kappa shape index (κ1) is 17.2. The van der Waals surface area contributed by atoms with Crippen molar-refractivity contribution in [1.82, 2.24) is 4.90 Å². The van der Waals surface area contributed by atoms with Crippen molar-refractivity contribution >= 4 is 23.2 Å². The number of carbonyl (C=O) groups is 2. The van der Waals surface area contributed by atoms with Gasteiger partial charge >= 0.3 is 0 Å². The number of likely N-dealkylation sites (N-methyl/N-ethyl adjacent to an activating group) is 1. The Balaban J connectivity index is 1.78. The second-order valence-corrected chi connectivity index (χ2v) is 6.51. The Labute approximate surface area is 148 Å². The Morgan fingerprint density at radius 1 is 1.20 bits per heavy atom. The number of hydrogen-bond donors (Lipinski definition) is 1. The van der Waals surface area contributed by atoms with Gasteiger partial charge in [-0.3, -0.25) is 19.4 Å². The van der Waals surface area contributed by atoms with E-state index in [1.54, 1.807) is 4.90 Å². The zero-order chi connectivity index (χ0) is 18.0. The fourth-order valence-electron chi connectivity index (χ4n) is 3.04. The molecule has 0 aromatic heterocycles. The van der Waals surface area contributed by atoms with Gasteiger partial charge in [0.2, 0.25) is 11.8 Å². The van der Waals surface area contributed by atoms with Crippen molar-refractivity contribution in [3.63, 3.8) is 0 Å². The molecule has 0 spiro atoms. The molecular formula is C20H23N3O2. The Morgan fingerprint density at radius 2 is 1.88 bits per heavy atom. The number of amides is 2. The summed E-state index contributed by atoms with van der Waals surface area (Å²) in [5.74, 6) is -0.237. The number of aryl methyl sites for hydroxylation is 1. The summed E-state index contributed by atoms with van der Waals surface area (Å²) in [7, 11) is 1.94. The lowest BCUT2D eigenvalue weighted by Gasteiger charge is -2.34. The lowest BCUT2D eigenvalue weighted by Crippen LogP contribution is -2.50. The van der Waals surface area contributed by atoms with Crippen molar-refractivity contribution in [3.05, 3.63) is 59.7 Å². The summed E-state index contributed by atoms with van der Waals surface area (Å²) in [6, 6.07) is 15.2. The van der Waals surface area contributed by atoms with Gasteiger partial charge in [-0.25, -0.2) is 0 Å². The summed E-state index contributed by atoms with van der Waals surface area (Å²) in [6.45, 7) is 4.69. The molecule has 0 fully saturated rings. The van der Waals surface area contributed by atoms with E-state index >= 15 is 0 Å². The van der Waals surface area contributed by atoms with Crippen LogP contribution in [0.2, 0.25) is 0 Å². The molecule has 2 amide bonds. The van der Waals surface area contributed by atoms with Crippen LogP contribution in [0.5, 0.6) is 0 Å². The highest BCUT2D eigenvalue weighted by Gasteiger charge is 2.31. The molecule has 1 aliphatic rings. The van der Waals surface area contributed by atoms with Crippen molar-refractivity contribution in [3.8, 4) is 0 Å². The molecule has 5 heteroatoms. The minimum atomic E-state index is -0.335. The van der Waals surface area contributed by atoms with E-state index in [1.165, 1.54) is 11.1 Å². The van der Waals surface area contributed by atoms with E-state index in [0.29, 0.717) is 12.2 Å². The maximum Gasteiger partial charge on any atom is 0.244 e. The predicted octanol–water partition coefficient (Wildman–Crippen LogP) is 2.80. The van der Waals surface area contributed by atoms with Gasteiger partial charge in [0, 0.05) is 6.54 Å². The lowest BCUT2D eigenvalue weighted by atomic mass is 10.1. The van der Waals surface area contributed by atoms with E-state index in [1.807, 2.05) is 55.3 Å². The van der Waals surface area contributed by atoms with Gasteiger partial charge in [-0.15, -0.1) is 0 Å². The second-order valence-electron chi connectivity index (χ2n) is 6.51. The average Bonchev–Trinajstić information content (AvgIpc) is 2.61. The molecule has 130 valence electrons. The number of para-hydroxylation sites is 2. The summed E-state index contributed by atoms with van der Waals surface area (Å²) >= 11 is 0. The van der Waals surface area contributed by atoms with Crippen LogP contribution in [0.3, 0.4) is 0 Å². The van der Waals surface area contributed by atoms with Crippen molar-refractivity contribution in [2.75, 3.05) is 23.8 Å². The average molecular weight is 337 g/mol. The van der Waals surface area contributed by atoms with Gasteiger partial charge < -0.3 is 5.32 Å². The van der Waals surface area contributed by atoms with Crippen LogP contribution in [0.4, 0.5) is 11.4 Å². The van der Waals surface area contributed by atoms with E-state index in [4.69, 9.17) is 0 Å². The van der Waals surface area contributed by atoms with Gasteiger partial charge in [0.15, 0.2) is 0 Å². The van der Waals surface area contributed by atoms with Crippen LogP contribution in [-0.2, 0) is 16.1 Å². The van der Waals surface area contributed by atoms with Gasteiger partial charge in [0.25, 0.3) is 0 Å². The molecule has 5 nitrogen and oxygen atoms in total.